The number of thiophene rings is 1. The Morgan fingerprint density at radius 1 is 1.19 bits per heavy atom. The second kappa shape index (κ2) is 7.01. The van der Waals surface area contributed by atoms with E-state index in [2.05, 4.69) is 9.82 Å². The van der Waals surface area contributed by atoms with E-state index >= 15 is 0 Å². The summed E-state index contributed by atoms with van der Waals surface area (Å²) in [7, 11) is -7.02. The normalized spacial score (nSPS) is 18.0. The van der Waals surface area contributed by atoms with E-state index in [0.717, 1.165) is 15.5 Å². The van der Waals surface area contributed by atoms with Crippen molar-refractivity contribution in [2.45, 2.75) is 19.4 Å². The molecule has 1 unspecified atom stereocenters. The third-order valence-electron chi connectivity index (χ3n) is 3.97. The molecule has 3 rings (SSSR count). The van der Waals surface area contributed by atoms with Crippen LogP contribution in [0.4, 0.5) is 5.69 Å². The van der Waals surface area contributed by atoms with Crippen molar-refractivity contribution in [3.05, 3.63) is 52.2 Å². The van der Waals surface area contributed by atoms with E-state index < -0.39 is 26.1 Å². The van der Waals surface area contributed by atoms with Crippen molar-refractivity contribution in [2.24, 2.45) is 5.10 Å². The highest BCUT2D eigenvalue weighted by Crippen LogP contribution is 2.37. The summed E-state index contributed by atoms with van der Waals surface area (Å²) < 4.78 is 51.9. The number of hydrazone groups is 1. The minimum absolute atomic E-state index is 0.0545. The summed E-state index contributed by atoms with van der Waals surface area (Å²) in [4.78, 5) is 0.890. The summed E-state index contributed by atoms with van der Waals surface area (Å²) in [6.07, 6.45) is 1.49. The summed E-state index contributed by atoms with van der Waals surface area (Å²) in [5.41, 5.74) is 1.51. The zero-order valence-corrected chi connectivity index (χ0v) is 16.7. The van der Waals surface area contributed by atoms with Crippen LogP contribution in [0.3, 0.4) is 0 Å². The van der Waals surface area contributed by atoms with Gasteiger partial charge in [0.05, 0.1) is 23.4 Å². The molecular formula is C16H19N3O4S3. The molecule has 0 saturated heterocycles. The van der Waals surface area contributed by atoms with Crippen molar-refractivity contribution >= 4 is 42.8 Å². The molecule has 7 nitrogen and oxygen atoms in total. The molecule has 1 aromatic heterocycles. The summed E-state index contributed by atoms with van der Waals surface area (Å²) in [5, 5.41) is 6.20. The van der Waals surface area contributed by atoms with E-state index in [-0.39, 0.29) is 5.75 Å². The first-order valence-electron chi connectivity index (χ1n) is 7.91. The van der Waals surface area contributed by atoms with Crippen molar-refractivity contribution in [2.75, 3.05) is 16.7 Å². The third-order valence-corrected chi connectivity index (χ3v) is 7.25. The fourth-order valence-electron chi connectivity index (χ4n) is 2.71. The van der Waals surface area contributed by atoms with Crippen LogP contribution in [0.5, 0.6) is 0 Å². The number of rotatable bonds is 6. The highest BCUT2D eigenvalue weighted by molar-refractivity contribution is 7.92. The summed E-state index contributed by atoms with van der Waals surface area (Å²) in [6, 6.07) is 10.2. The highest BCUT2D eigenvalue weighted by Gasteiger charge is 2.35. The maximum absolute atomic E-state index is 12.2. The largest absolute Gasteiger partial charge is 0.283 e. The van der Waals surface area contributed by atoms with Gasteiger partial charge >= 0.3 is 0 Å². The van der Waals surface area contributed by atoms with Gasteiger partial charge in [-0.3, -0.25) is 4.72 Å². The average Bonchev–Trinajstić information content (AvgIpc) is 3.24. The van der Waals surface area contributed by atoms with Crippen molar-refractivity contribution in [3.8, 4) is 0 Å². The van der Waals surface area contributed by atoms with Gasteiger partial charge in [-0.1, -0.05) is 24.3 Å². The molecule has 10 heteroatoms. The molecule has 1 aliphatic heterocycles. The highest BCUT2D eigenvalue weighted by atomic mass is 32.2. The molecule has 2 aromatic rings. The molecule has 2 heterocycles. The minimum Gasteiger partial charge on any atom is -0.283 e. The SMILES string of the molecule is CCS(=O)(=O)Nc1ccccc1C1=NN(S(C)(=O)=O)C(c2cccs2)C1. The molecular weight excluding hydrogens is 394 g/mol. The van der Waals surface area contributed by atoms with E-state index in [9.17, 15) is 16.8 Å². The zero-order chi connectivity index (χ0) is 18.9. The van der Waals surface area contributed by atoms with E-state index in [4.69, 9.17) is 0 Å². The lowest BCUT2D eigenvalue weighted by Crippen LogP contribution is -2.25. The molecule has 0 saturated carbocycles. The second-order valence-electron chi connectivity index (χ2n) is 5.87. The van der Waals surface area contributed by atoms with Gasteiger partial charge in [0, 0.05) is 16.9 Å². The van der Waals surface area contributed by atoms with E-state index in [1.54, 1.807) is 31.2 Å². The topological polar surface area (TPSA) is 95.9 Å². The molecule has 0 bridgehead atoms. The molecule has 1 aromatic carbocycles. The van der Waals surface area contributed by atoms with Crippen LogP contribution in [0.1, 0.15) is 29.8 Å². The van der Waals surface area contributed by atoms with Crippen molar-refractivity contribution in [1.82, 2.24) is 4.41 Å². The Morgan fingerprint density at radius 3 is 2.54 bits per heavy atom. The predicted octanol–water partition coefficient (Wildman–Crippen LogP) is 2.62. The first-order chi connectivity index (χ1) is 12.2. The molecule has 140 valence electrons. The van der Waals surface area contributed by atoms with E-state index in [1.165, 1.54) is 11.3 Å². The van der Waals surface area contributed by atoms with Crippen LogP contribution in [-0.2, 0) is 20.0 Å². The number of nitrogens with zero attached hydrogens (tertiary/aromatic N) is 2. The Balaban J connectivity index is 2.03. The third kappa shape index (κ3) is 3.92. The first-order valence-corrected chi connectivity index (χ1v) is 12.3. The molecule has 26 heavy (non-hydrogen) atoms. The Labute approximate surface area is 157 Å². The van der Waals surface area contributed by atoms with Crippen molar-refractivity contribution < 1.29 is 16.8 Å². The van der Waals surface area contributed by atoms with Gasteiger partial charge < -0.3 is 0 Å². The molecule has 0 aliphatic carbocycles. The summed E-state index contributed by atoms with van der Waals surface area (Å²) >= 11 is 1.46. The van der Waals surface area contributed by atoms with Crippen molar-refractivity contribution in [3.63, 3.8) is 0 Å². The monoisotopic (exact) mass is 413 g/mol. The molecule has 1 aliphatic rings. The summed E-state index contributed by atoms with van der Waals surface area (Å²) in [5.74, 6) is -0.0545. The maximum Gasteiger partial charge on any atom is 0.247 e. The zero-order valence-electron chi connectivity index (χ0n) is 14.3. The Hall–Kier alpha value is -1.91. The molecule has 1 atom stereocenters. The number of sulfonamides is 2. The quantitative estimate of drug-likeness (QED) is 0.787. The number of hydrogen-bond acceptors (Lipinski definition) is 6. The number of benzene rings is 1. The number of para-hydroxylation sites is 1. The number of anilines is 1. The lowest BCUT2D eigenvalue weighted by Gasteiger charge is -2.19. The molecule has 0 spiro atoms. The Morgan fingerprint density at radius 2 is 1.92 bits per heavy atom. The number of nitrogens with one attached hydrogen (secondary N) is 1. The van der Waals surface area contributed by atoms with Crippen LogP contribution in [-0.4, -0.2) is 39.0 Å². The van der Waals surface area contributed by atoms with Crippen LogP contribution < -0.4 is 4.72 Å². The lowest BCUT2D eigenvalue weighted by molar-refractivity contribution is 0.379. The van der Waals surface area contributed by atoms with Gasteiger partial charge in [-0.15, -0.1) is 11.3 Å². The van der Waals surface area contributed by atoms with Crippen LogP contribution in [0.25, 0.3) is 0 Å². The van der Waals surface area contributed by atoms with Gasteiger partial charge in [-0.05, 0) is 24.4 Å². The van der Waals surface area contributed by atoms with E-state index in [1.807, 2.05) is 17.5 Å². The fraction of sp³-hybridized carbons (Fsp3) is 0.312. The van der Waals surface area contributed by atoms with Crippen LogP contribution >= 0.6 is 11.3 Å². The standard InChI is InChI=1S/C16H19N3O4S3/c1-3-26(22,23)18-13-8-5-4-7-12(13)14-11-15(16-9-6-10-24-16)19(17-14)25(2,20)21/h4-10,15,18H,3,11H2,1-2H3. The minimum atomic E-state index is -3.56. The predicted molar refractivity (Wildman–Crippen MR) is 104 cm³/mol. The first kappa shape index (κ1) is 18.9. The summed E-state index contributed by atoms with van der Waals surface area (Å²) in [6.45, 7) is 1.55. The van der Waals surface area contributed by atoms with Gasteiger partial charge in [0.1, 0.15) is 6.04 Å². The fourth-order valence-corrected chi connectivity index (χ4v) is 5.15. The Bertz CT molecular complexity index is 1030. The second-order valence-corrected chi connectivity index (χ2v) is 10.7. The van der Waals surface area contributed by atoms with Gasteiger partial charge in [0.2, 0.25) is 20.0 Å². The van der Waals surface area contributed by atoms with Gasteiger partial charge in [-0.2, -0.15) is 9.52 Å². The van der Waals surface area contributed by atoms with Gasteiger partial charge in [0.15, 0.2) is 0 Å². The van der Waals surface area contributed by atoms with Crippen LogP contribution in [0.15, 0.2) is 46.9 Å². The lowest BCUT2D eigenvalue weighted by atomic mass is 10.0. The molecule has 0 amide bonds. The molecule has 1 N–H and O–H groups in total. The van der Waals surface area contributed by atoms with Gasteiger partial charge in [0.25, 0.3) is 0 Å². The Kier molecular flexibility index (Phi) is 5.09. The molecule has 0 fully saturated rings. The smallest absolute Gasteiger partial charge is 0.247 e. The van der Waals surface area contributed by atoms with Crippen molar-refractivity contribution in [1.29, 1.82) is 0 Å². The van der Waals surface area contributed by atoms with E-state index in [0.29, 0.717) is 23.4 Å². The number of hydrogen-bond donors (Lipinski definition) is 1. The van der Waals surface area contributed by atoms with Gasteiger partial charge in [-0.25, -0.2) is 16.8 Å². The van der Waals surface area contributed by atoms with Crippen LogP contribution in [0, 0.1) is 0 Å². The van der Waals surface area contributed by atoms with Crippen LogP contribution in [0.2, 0.25) is 0 Å². The maximum atomic E-state index is 12.2. The molecule has 0 radical (unpaired) electrons. The average molecular weight is 414 g/mol.